The van der Waals surface area contributed by atoms with Crippen LogP contribution in [-0.4, -0.2) is 21.5 Å². The van der Waals surface area contributed by atoms with Gasteiger partial charge in [-0.3, -0.25) is 0 Å². The Balaban J connectivity index is 2.27. The molecule has 1 aromatic carbocycles. The van der Waals surface area contributed by atoms with Gasteiger partial charge in [0, 0.05) is 14.7 Å². The predicted octanol–water partition coefficient (Wildman–Crippen LogP) is 4.45. The molecule has 17 heavy (non-hydrogen) atoms. The molecule has 0 saturated heterocycles. The molecule has 0 radical (unpaired) electrons. The molecule has 0 aliphatic carbocycles. The first-order chi connectivity index (χ1) is 7.88. The average Bonchev–Trinajstić information content (AvgIpc) is 2.18. The van der Waals surface area contributed by atoms with Crippen LogP contribution in [0, 0.1) is 6.92 Å². The fourth-order valence-corrected chi connectivity index (χ4v) is 2.63. The van der Waals surface area contributed by atoms with E-state index in [1.165, 1.54) is 11.6 Å². The van der Waals surface area contributed by atoms with Gasteiger partial charge in [0.1, 0.15) is 5.75 Å². The Bertz CT molecular complexity index is 361. The Morgan fingerprint density at radius 3 is 2.53 bits per heavy atom. The van der Waals surface area contributed by atoms with Gasteiger partial charge in [0.15, 0.2) is 6.79 Å². The fourth-order valence-electron chi connectivity index (χ4n) is 1.27. The Labute approximate surface area is 113 Å². The van der Waals surface area contributed by atoms with Crippen molar-refractivity contribution in [2.24, 2.45) is 0 Å². The number of rotatable bonds is 6. The van der Waals surface area contributed by atoms with E-state index in [0.29, 0.717) is 6.79 Å². The van der Waals surface area contributed by atoms with Gasteiger partial charge in [-0.2, -0.15) is 0 Å². The van der Waals surface area contributed by atoms with Crippen LogP contribution in [0.15, 0.2) is 22.7 Å². The average molecular weight is 317 g/mol. The van der Waals surface area contributed by atoms with Crippen molar-refractivity contribution in [1.82, 2.24) is 0 Å². The van der Waals surface area contributed by atoms with Crippen molar-refractivity contribution >= 4 is 24.0 Å². The molecule has 0 fully saturated rings. The minimum Gasteiger partial charge on any atom is -0.466 e. The van der Waals surface area contributed by atoms with Crippen LogP contribution >= 0.6 is 15.9 Å². The third-order valence-corrected chi connectivity index (χ3v) is 4.71. The van der Waals surface area contributed by atoms with Crippen LogP contribution in [0.4, 0.5) is 0 Å². The van der Waals surface area contributed by atoms with Gasteiger partial charge in [0.25, 0.3) is 0 Å². The second kappa shape index (κ2) is 6.57. The Morgan fingerprint density at radius 1 is 1.24 bits per heavy atom. The fraction of sp³-hybridized carbons (Fsp3) is 0.538. The molecule has 0 aliphatic heterocycles. The third-order valence-electron chi connectivity index (χ3n) is 2.38. The molecular weight excluding hydrogens is 296 g/mol. The van der Waals surface area contributed by atoms with Gasteiger partial charge >= 0.3 is 0 Å². The lowest BCUT2D eigenvalue weighted by Crippen LogP contribution is -2.22. The molecule has 0 aromatic heterocycles. The smallest absolute Gasteiger partial charge is 0.189 e. The molecule has 0 aliphatic rings. The zero-order valence-electron chi connectivity index (χ0n) is 11.0. The van der Waals surface area contributed by atoms with Gasteiger partial charge in [-0.15, -0.1) is 0 Å². The molecule has 2 nitrogen and oxygen atoms in total. The van der Waals surface area contributed by atoms with Crippen LogP contribution in [0.25, 0.3) is 0 Å². The van der Waals surface area contributed by atoms with Gasteiger partial charge in [0.2, 0.25) is 0 Å². The van der Waals surface area contributed by atoms with Crippen molar-refractivity contribution in [3.8, 4) is 5.75 Å². The second-order valence-corrected chi connectivity index (χ2v) is 11.9. The van der Waals surface area contributed by atoms with E-state index in [1.807, 2.05) is 18.2 Å². The summed E-state index contributed by atoms with van der Waals surface area (Å²) < 4.78 is 12.0. The lowest BCUT2D eigenvalue weighted by Gasteiger charge is -2.15. The minimum absolute atomic E-state index is 0.326. The first kappa shape index (κ1) is 14.7. The highest BCUT2D eigenvalue weighted by molar-refractivity contribution is 9.10. The first-order valence-electron chi connectivity index (χ1n) is 5.85. The summed E-state index contributed by atoms with van der Waals surface area (Å²) in [5, 5.41) is 0. The van der Waals surface area contributed by atoms with Crippen molar-refractivity contribution < 1.29 is 9.47 Å². The van der Waals surface area contributed by atoms with E-state index in [4.69, 9.17) is 9.47 Å². The molecule has 4 heteroatoms. The van der Waals surface area contributed by atoms with E-state index in [-0.39, 0.29) is 0 Å². The lowest BCUT2D eigenvalue weighted by atomic mass is 10.2. The Hall–Kier alpha value is -0.323. The first-order valence-corrected chi connectivity index (χ1v) is 10.4. The summed E-state index contributed by atoms with van der Waals surface area (Å²) >= 11 is 3.47. The quantitative estimate of drug-likeness (QED) is 0.438. The van der Waals surface area contributed by atoms with Crippen LogP contribution in [0.3, 0.4) is 0 Å². The summed E-state index contributed by atoms with van der Waals surface area (Å²) in [5.41, 5.74) is 1.21. The zero-order valence-corrected chi connectivity index (χ0v) is 13.6. The number of aryl methyl sites for hydroxylation is 1. The van der Waals surface area contributed by atoms with Crippen molar-refractivity contribution in [3.63, 3.8) is 0 Å². The van der Waals surface area contributed by atoms with Crippen molar-refractivity contribution in [3.05, 3.63) is 28.2 Å². The predicted molar refractivity (Wildman–Crippen MR) is 78.5 cm³/mol. The molecule has 0 amide bonds. The van der Waals surface area contributed by atoms with Gasteiger partial charge in [0.05, 0.1) is 4.47 Å². The van der Waals surface area contributed by atoms with Crippen LogP contribution < -0.4 is 4.74 Å². The molecule has 1 aromatic rings. The van der Waals surface area contributed by atoms with Crippen molar-refractivity contribution in [1.29, 1.82) is 0 Å². The maximum Gasteiger partial charge on any atom is 0.189 e. The number of ether oxygens (including phenoxy) is 2. The van der Waals surface area contributed by atoms with Gasteiger partial charge < -0.3 is 9.47 Å². The number of halogens is 1. The highest BCUT2D eigenvalue weighted by atomic mass is 79.9. The van der Waals surface area contributed by atoms with E-state index in [2.05, 4.69) is 42.5 Å². The molecule has 96 valence electrons. The van der Waals surface area contributed by atoms with Gasteiger partial charge in [-0.1, -0.05) is 25.7 Å². The van der Waals surface area contributed by atoms with E-state index in [1.54, 1.807) is 0 Å². The molecule has 0 unspecified atom stereocenters. The molecule has 0 heterocycles. The molecular formula is C13H21BrO2Si. The third kappa shape index (κ3) is 6.24. The monoisotopic (exact) mass is 316 g/mol. The van der Waals surface area contributed by atoms with E-state index in [9.17, 15) is 0 Å². The Morgan fingerprint density at radius 2 is 1.94 bits per heavy atom. The Kier molecular flexibility index (Phi) is 5.69. The number of benzene rings is 1. The maximum absolute atomic E-state index is 5.55. The zero-order chi connectivity index (χ0) is 12.9. The maximum atomic E-state index is 5.55. The van der Waals surface area contributed by atoms with Gasteiger partial charge in [-0.05, 0) is 46.6 Å². The van der Waals surface area contributed by atoms with E-state index < -0.39 is 8.07 Å². The number of hydrogen-bond acceptors (Lipinski definition) is 2. The topological polar surface area (TPSA) is 18.5 Å². The van der Waals surface area contributed by atoms with Crippen molar-refractivity contribution in [2.45, 2.75) is 32.6 Å². The summed E-state index contributed by atoms with van der Waals surface area (Å²) in [4.78, 5) is 0. The normalized spacial score (nSPS) is 11.6. The van der Waals surface area contributed by atoms with Crippen LogP contribution in [0.5, 0.6) is 5.75 Å². The summed E-state index contributed by atoms with van der Waals surface area (Å²) in [6.07, 6.45) is 0. The highest BCUT2D eigenvalue weighted by Crippen LogP contribution is 2.25. The number of hydrogen-bond donors (Lipinski definition) is 0. The van der Waals surface area contributed by atoms with Crippen molar-refractivity contribution in [2.75, 3.05) is 13.4 Å². The molecule has 1 rings (SSSR count). The molecule has 0 spiro atoms. The molecule has 0 bridgehead atoms. The summed E-state index contributed by atoms with van der Waals surface area (Å²) in [7, 11) is -0.995. The SMILES string of the molecule is Cc1ccc(OCOCC[Si](C)(C)C)c(Br)c1. The summed E-state index contributed by atoms with van der Waals surface area (Å²) in [6.45, 7) is 10.2. The van der Waals surface area contributed by atoms with Crippen LogP contribution in [0.2, 0.25) is 25.7 Å². The summed E-state index contributed by atoms with van der Waals surface area (Å²) in [6, 6.07) is 7.20. The molecule has 0 atom stereocenters. The van der Waals surface area contributed by atoms with Crippen LogP contribution in [-0.2, 0) is 4.74 Å². The summed E-state index contributed by atoms with van der Waals surface area (Å²) in [5.74, 6) is 0.837. The molecule has 0 N–H and O–H groups in total. The van der Waals surface area contributed by atoms with Gasteiger partial charge in [-0.25, -0.2) is 0 Å². The highest BCUT2D eigenvalue weighted by Gasteiger charge is 2.12. The van der Waals surface area contributed by atoms with Crippen LogP contribution in [0.1, 0.15) is 5.56 Å². The minimum atomic E-state index is -0.995. The largest absolute Gasteiger partial charge is 0.466 e. The lowest BCUT2D eigenvalue weighted by molar-refractivity contribution is 0.0216. The van der Waals surface area contributed by atoms with E-state index >= 15 is 0 Å². The van der Waals surface area contributed by atoms with E-state index in [0.717, 1.165) is 16.8 Å². The standard InChI is InChI=1S/C13H21BrO2Si/c1-11-5-6-13(12(14)9-11)16-10-15-7-8-17(2,3)4/h5-6,9H,7-8,10H2,1-4H3. The second-order valence-electron chi connectivity index (χ2n) is 5.41. The molecule has 0 saturated carbocycles.